The lowest BCUT2D eigenvalue weighted by Gasteiger charge is -2.19. The van der Waals surface area contributed by atoms with Gasteiger partial charge in [0.25, 0.3) is 11.6 Å². The number of ether oxygens (including phenoxy) is 2. The van der Waals surface area contributed by atoms with E-state index in [-0.39, 0.29) is 30.5 Å². The third-order valence-corrected chi connectivity index (χ3v) is 2.24. The molecule has 0 radical (unpaired) electrons. The van der Waals surface area contributed by atoms with Crippen LogP contribution in [0.3, 0.4) is 0 Å². The summed E-state index contributed by atoms with van der Waals surface area (Å²) < 4.78 is 11.5. The Morgan fingerprint density at radius 2 is 2.05 bits per heavy atom. The van der Waals surface area contributed by atoms with Gasteiger partial charge in [-0.3, -0.25) is 14.2 Å². The lowest BCUT2D eigenvalue weighted by Crippen LogP contribution is -2.27. The van der Waals surface area contributed by atoms with Gasteiger partial charge in [-0.05, 0) is 27.7 Å². The molecule has 106 valence electrons. The van der Waals surface area contributed by atoms with E-state index in [2.05, 4.69) is 4.98 Å². The van der Waals surface area contributed by atoms with Crippen molar-refractivity contribution in [1.82, 2.24) is 9.55 Å². The minimum Gasteiger partial charge on any atom is -0.468 e. The van der Waals surface area contributed by atoms with Gasteiger partial charge in [0.15, 0.2) is 0 Å². The molecule has 0 fully saturated rings. The van der Waals surface area contributed by atoms with Crippen molar-refractivity contribution in [2.24, 2.45) is 0 Å². The van der Waals surface area contributed by atoms with Crippen molar-refractivity contribution in [3.8, 4) is 6.01 Å². The van der Waals surface area contributed by atoms with Crippen LogP contribution in [0.1, 0.15) is 32.9 Å². The van der Waals surface area contributed by atoms with E-state index >= 15 is 0 Å². The summed E-state index contributed by atoms with van der Waals surface area (Å²) in [6.45, 7) is 7.29. The molecule has 19 heavy (non-hydrogen) atoms. The van der Waals surface area contributed by atoms with E-state index < -0.39 is 5.60 Å². The number of carbonyl (C=O) groups excluding carboxylic acids is 1. The Balaban J connectivity index is 2.78. The third-order valence-electron chi connectivity index (χ3n) is 2.24. The SMILES string of the molecule is COc1nc(C)cc(=O)n1CCC(=O)OC(C)(C)C. The number of esters is 1. The van der Waals surface area contributed by atoms with Crippen LogP contribution in [0.5, 0.6) is 6.01 Å². The van der Waals surface area contributed by atoms with E-state index in [1.165, 1.54) is 17.7 Å². The standard InChI is InChI=1S/C13H20N2O4/c1-9-8-10(16)15(12(14-9)18-5)7-6-11(17)19-13(2,3)4/h8H,6-7H2,1-5H3. The van der Waals surface area contributed by atoms with Gasteiger partial charge >= 0.3 is 5.97 Å². The number of hydrogen-bond donors (Lipinski definition) is 0. The molecular weight excluding hydrogens is 248 g/mol. The van der Waals surface area contributed by atoms with Crippen LogP contribution in [0, 0.1) is 6.92 Å². The monoisotopic (exact) mass is 268 g/mol. The highest BCUT2D eigenvalue weighted by molar-refractivity contribution is 5.69. The van der Waals surface area contributed by atoms with Gasteiger partial charge in [0.05, 0.1) is 13.5 Å². The first-order valence-corrected chi connectivity index (χ1v) is 6.07. The minimum absolute atomic E-state index is 0.0955. The predicted molar refractivity (Wildman–Crippen MR) is 70.2 cm³/mol. The van der Waals surface area contributed by atoms with E-state index in [4.69, 9.17) is 9.47 Å². The number of rotatable bonds is 4. The Labute approximate surface area is 112 Å². The lowest BCUT2D eigenvalue weighted by molar-refractivity contribution is -0.155. The maximum absolute atomic E-state index is 11.8. The molecule has 0 amide bonds. The average molecular weight is 268 g/mol. The molecule has 0 atom stereocenters. The van der Waals surface area contributed by atoms with Gasteiger partial charge in [0, 0.05) is 18.3 Å². The van der Waals surface area contributed by atoms with Crippen molar-refractivity contribution in [3.05, 3.63) is 22.1 Å². The molecule has 0 saturated heterocycles. The molecule has 6 heteroatoms. The van der Waals surface area contributed by atoms with Crippen LogP contribution in [-0.2, 0) is 16.1 Å². The molecule has 0 aliphatic carbocycles. The molecule has 0 aliphatic heterocycles. The number of carbonyl (C=O) groups is 1. The van der Waals surface area contributed by atoms with Crippen molar-refractivity contribution in [3.63, 3.8) is 0 Å². The van der Waals surface area contributed by atoms with Gasteiger partial charge in [0.2, 0.25) is 0 Å². The van der Waals surface area contributed by atoms with Crippen LogP contribution in [-0.4, -0.2) is 28.2 Å². The second-order valence-electron chi connectivity index (χ2n) is 5.21. The Morgan fingerprint density at radius 1 is 1.42 bits per heavy atom. The summed E-state index contributed by atoms with van der Waals surface area (Å²) >= 11 is 0. The molecule has 0 N–H and O–H groups in total. The van der Waals surface area contributed by atoms with Crippen LogP contribution < -0.4 is 10.3 Å². The maximum Gasteiger partial charge on any atom is 0.308 e. The van der Waals surface area contributed by atoms with Crippen LogP contribution in [0.25, 0.3) is 0 Å². The summed E-state index contributed by atoms with van der Waals surface area (Å²) in [7, 11) is 1.44. The van der Waals surface area contributed by atoms with Crippen LogP contribution >= 0.6 is 0 Å². The second kappa shape index (κ2) is 5.86. The molecule has 1 rings (SSSR count). The Kier molecular flexibility index (Phi) is 4.69. The molecule has 0 unspecified atom stereocenters. The first-order chi connectivity index (χ1) is 8.73. The predicted octanol–water partition coefficient (Wildman–Crippen LogP) is 1.29. The fourth-order valence-corrected chi connectivity index (χ4v) is 1.55. The van der Waals surface area contributed by atoms with Gasteiger partial charge in [-0.2, -0.15) is 0 Å². The van der Waals surface area contributed by atoms with Crippen LogP contribution in [0.15, 0.2) is 10.9 Å². The Morgan fingerprint density at radius 3 is 2.58 bits per heavy atom. The third kappa shape index (κ3) is 4.73. The van der Waals surface area contributed by atoms with Crippen LogP contribution in [0.2, 0.25) is 0 Å². The van der Waals surface area contributed by atoms with E-state index in [9.17, 15) is 9.59 Å². The lowest BCUT2D eigenvalue weighted by atomic mass is 10.2. The smallest absolute Gasteiger partial charge is 0.308 e. The highest BCUT2D eigenvalue weighted by Gasteiger charge is 2.17. The van der Waals surface area contributed by atoms with Crippen molar-refractivity contribution in [2.75, 3.05) is 7.11 Å². The van der Waals surface area contributed by atoms with Gasteiger partial charge in [0.1, 0.15) is 5.60 Å². The number of aromatic nitrogens is 2. The summed E-state index contributed by atoms with van der Waals surface area (Å²) in [6.07, 6.45) is 0.0955. The molecule has 0 aliphatic rings. The first kappa shape index (κ1) is 15.2. The summed E-state index contributed by atoms with van der Waals surface area (Å²) in [5.74, 6) is -0.359. The number of hydrogen-bond acceptors (Lipinski definition) is 5. The van der Waals surface area contributed by atoms with Gasteiger partial charge in [-0.25, -0.2) is 4.98 Å². The van der Waals surface area contributed by atoms with Crippen molar-refractivity contribution < 1.29 is 14.3 Å². The fourth-order valence-electron chi connectivity index (χ4n) is 1.55. The van der Waals surface area contributed by atoms with Crippen LogP contribution in [0.4, 0.5) is 0 Å². The molecule has 0 bridgehead atoms. The molecule has 1 aromatic rings. The van der Waals surface area contributed by atoms with E-state index in [1.54, 1.807) is 27.7 Å². The summed E-state index contributed by atoms with van der Waals surface area (Å²) in [6, 6.07) is 1.60. The normalized spacial score (nSPS) is 11.2. The zero-order valence-corrected chi connectivity index (χ0v) is 12.0. The molecule has 1 aromatic heterocycles. The number of aryl methyl sites for hydroxylation is 1. The number of nitrogens with zero attached hydrogens (tertiary/aromatic N) is 2. The fraction of sp³-hybridized carbons (Fsp3) is 0.615. The molecule has 0 spiro atoms. The average Bonchev–Trinajstić information content (AvgIpc) is 2.24. The molecular formula is C13H20N2O4. The van der Waals surface area contributed by atoms with E-state index in [0.717, 1.165) is 0 Å². The van der Waals surface area contributed by atoms with Gasteiger partial charge in [-0.15, -0.1) is 0 Å². The minimum atomic E-state index is -0.530. The zero-order chi connectivity index (χ0) is 14.6. The largest absolute Gasteiger partial charge is 0.468 e. The highest BCUT2D eigenvalue weighted by Crippen LogP contribution is 2.10. The number of methoxy groups -OCH3 is 1. The van der Waals surface area contributed by atoms with Gasteiger partial charge < -0.3 is 9.47 Å². The second-order valence-corrected chi connectivity index (χ2v) is 5.21. The van der Waals surface area contributed by atoms with Crippen molar-refractivity contribution >= 4 is 5.97 Å². The highest BCUT2D eigenvalue weighted by atomic mass is 16.6. The summed E-state index contributed by atoms with van der Waals surface area (Å²) in [5, 5.41) is 0. The van der Waals surface area contributed by atoms with Crippen molar-refractivity contribution in [2.45, 2.75) is 46.3 Å². The summed E-state index contributed by atoms with van der Waals surface area (Å²) in [4.78, 5) is 27.5. The quantitative estimate of drug-likeness (QED) is 0.770. The zero-order valence-electron chi connectivity index (χ0n) is 12.0. The first-order valence-electron chi connectivity index (χ1n) is 6.07. The molecule has 1 heterocycles. The molecule has 0 aromatic carbocycles. The molecule has 0 saturated carbocycles. The van der Waals surface area contributed by atoms with E-state index in [1.807, 2.05) is 0 Å². The van der Waals surface area contributed by atoms with E-state index in [0.29, 0.717) is 5.69 Å². The van der Waals surface area contributed by atoms with Gasteiger partial charge in [-0.1, -0.05) is 0 Å². The van der Waals surface area contributed by atoms with Crippen molar-refractivity contribution in [1.29, 1.82) is 0 Å². The Bertz CT molecular complexity index is 514. The summed E-state index contributed by atoms with van der Waals surface area (Å²) in [5.41, 5.74) is -0.194. The maximum atomic E-state index is 11.8. The topological polar surface area (TPSA) is 70.4 Å². The Hall–Kier alpha value is -1.85. The molecule has 6 nitrogen and oxygen atoms in total.